The van der Waals surface area contributed by atoms with Gasteiger partial charge in [-0.1, -0.05) is 48.0 Å². The molecule has 8 aromatic heterocycles. The molecular weight excluding hydrogens is 1100 g/mol. The predicted molar refractivity (Wildman–Crippen MR) is 332 cm³/mol. The Kier molecular flexibility index (Phi) is 21.6. The van der Waals surface area contributed by atoms with Gasteiger partial charge in [0.05, 0.1) is 59.4 Å². The Labute approximate surface area is 496 Å². The maximum absolute atomic E-state index is 13.3. The van der Waals surface area contributed by atoms with E-state index in [2.05, 4.69) is 58.9 Å². The minimum atomic E-state index is -0.524. The molecule has 0 saturated carbocycles. The summed E-state index contributed by atoms with van der Waals surface area (Å²) in [6.45, 7) is 11.2. The van der Waals surface area contributed by atoms with Crippen molar-refractivity contribution in [3.8, 4) is 55.6 Å². The van der Waals surface area contributed by atoms with E-state index in [9.17, 15) is 18.4 Å². The lowest BCUT2D eigenvalue weighted by atomic mass is 10.0. The number of aromatic nitrogens is 8. The summed E-state index contributed by atoms with van der Waals surface area (Å²) in [5.41, 5.74) is 42.3. The zero-order chi connectivity index (χ0) is 61.0. The molecule has 1 fully saturated rings. The van der Waals surface area contributed by atoms with Crippen molar-refractivity contribution in [1.29, 1.82) is 0 Å². The first-order valence-electron chi connectivity index (χ1n) is 26.6. The van der Waals surface area contributed by atoms with Crippen molar-refractivity contribution in [3.05, 3.63) is 223 Å². The van der Waals surface area contributed by atoms with Gasteiger partial charge in [-0.2, -0.15) is 8.78 Å². The molecule has 0 unspecified atom stereocenters. The van der Waals surface area contributed by atoms with Gasteiger partial charge in [0.2, 0.25) is 11.9 Å². The molecule has 1 aliphatic rings. The molecule has 10 N–H and O–H groups in total. The molecule has 1 saturated heterocycles. The maximum Gasteiger partial charge on any atom is 0.410 e. The largest absolute Gasteiger partial charge is 0.444 e. The highest BCUT2D eigenvalue weighted by Crippen LogP contribution is 2.31. The van der Waals surface area contributed by atoms with E-state index in [0.29, 0.717) is 76.5 Å². The fourth-order valence-electron chi connectivity index (χ4n) is 8.53. The maximum atomic E-state index is 13.3. The predicted octanol–water partition coefficient (Wildman–Crippen LogP) is 12.1. The van der Waals surface area contributed by atoms with Crippen LogP contribution in [0.4, 0.5) is 42.0 Å². The van der Waals surface area contributed by atoms with Gasteiger partial charge in [0.25, 0.3) is 5.91 Å². The van der Waals surface area contributed by atoms with Crippen LogP contribution in [-0.4, -0.2) is 93.5 Å². The molecule has 21 heteroatoms. The van der Waals surface area contributed by atoms with Gasteiger partial charge in [0, 0.05) is 125 Å². The van der Waals surface area contributed by atoms with Gasteiger partial charge in [0.1, 0.15) is 10.8 Å². The highest BCUT2D eigenvalue weighted by Gasteiger charge is 2.28. The fourth-order valence-corrected chi connectivity index (χ4v) is 8.76. The molecule has 0 atom stereocenters. The molecule has 0 spiro atoms. The second-order valence-electron chi connectivity index (χ2n) is 19.9. The lowest BCUT2D eigenvalue weighted by molar-refractivity contribution is 0.0141. The Morgan fingerprint density at radius 2 is 0.918 bits per heavy atom. The monoisotopic (exact) mass is 1160 g/mol. The summed E-state index contributed by atoms with van der Waals surface area (Å²) in [6.07, 6.45) is 19.0. The highest BCUT2D eigenvalue weighted by atomic mass is 35.5. The number of nitrogens with two attached hydrogens (primary N) is 5. The zero-order valence-corrected chi connectivity index (χ0v) is 48.2. The quantitative estimate of drug-likeness (QED) is 0.0967. The molecule has 0 aliphatic carbocycles. The van der Waals surface area contributed by atoms with Crippen LogP contribution in [-0.2, 0) is 4.74 Å². The summed E-state index contributed by atoms with van der Waals surface area (Å²) in [4.78, 5) is 59.2. The number of rotatable bonds is 6. The van der Waals surface area contributed by atoms with Crippen LogP contribution in [0.2, 0.25) is 5.15 Å². The van der Waals surface area contributed by atoms with Crippen molar-refractivity contribution in [1.82, 2.24) is 49.7 Å². The van der Waals surface area contributed by atoms with Gasteiger partial charge in [-0.3, -0.25) is 29.7 Å². The minimum Gasteiger partial charge on any atom is -0.444 e. The Bertz CT molecular complexity index is 3530. The molecule has 0 radical (unpaired) electrons. The summed E-state index contributed by atoms with van der Waals surface area (Å²) in [7, 11) is 0. The molecule has 11 rings (SSSR count). The molecule has 85 heavy (non-hydrogen) atoms. The molecule has 1 aliphatic heterocycles. The lowest BCUT2D eigenvalue weighted by Crippen LogP contribution is -2.51. The van der Waals surface area contributed by atoms with Crippen LogP contribution in [0.25, 0.3) is 55.6 Å². The van der Waals surface area contributed by atoms with Crippen LogP contribution in [0.5, 0.6) is 0 Å². The molecule has 0 bridgehead atoms. The number of ether oxygens (including phenoxy) is 1. The van der Waals surface area contributed by atoms with Gasteiger partial charge in [-0.05, 0) is 130 Å². The average molecular weight is 1160 g/mol. The first-order valence-corrected chi connectivity index (χ1v) is 26.9. The number of aryl methyl sites for hydroxylation is 2. The van der Waals surface area contributed by atoms with Gasteiger partial charge in [0.15, 0.2) is 0 Å². The number of benzene rings is 2. The molecule has 10 aromatic rings. The van der Waals surface area contributed by atoms with E-state index in [4.69, 9.17) is 45.0 Å². The summed E-state index contributed by atoms with van der Waals surface area (Å²) in [6, 6.07) is 34.6. The Morgan fingerprint density at radius 1 is 0.482 bits per heavy atom. The van der Waals surface area contributed by atoms with Crippen LogP contribution in [0, 0.1) is 25.7 Å². The zero-order valence-electron chi connectivity index (χ0n) is 47.4. The van der Waals surface area contributed by atoms with E-state index in [1.54, 1.807) is 121 Å². The number of pyridine rings is 8. The van der Waals surface area contributed by atoms with E-state index in [-0.39, 0.29) is 12.0 Å². The molecule has 434 valence electrons. The van der Waals surface area contributed by atoms with Crippen molar-refractivity contribution in [2.45, 2.75) is 40.2 Å². The van der Waals surface area contributed by atoms with Gasteiger partial charge in [-0.25, -0.2) is 19.7 Å². The third kappa shape index (κ3) is 17.3. The van der Waals surface area contributed by atoms with E-state index < -0.39 is 17.5 Å². The number of amides is 2. The number of hydrogen-bond acceptors (Lipinski definition) is 16. The van der Waals surface area contributed by atoms with Crippen molar-refractivity contribution in [2.75, 3.05) is 54.8 Å². The third-order valence-electron chi connectivity index (χ3n) is 12.8. The highest BCUT2D eigenvalue weighted by molar-refractivity contribution is 6.32. The molecule has 18 nitrogen and oxygen atoms in total. The normalized spacial score (nSPS) is 11.6. The van der Waals surface area contributed by atoms with Crippen molar-refractivity contribution >= 4 is 52.0 Å². The van der Waals surface area contributed by atoms with E-state index in [1.807, 2.05) is 75.4 Å². The lowest BCUT2D eigenvalue weighted by Gasteiger charge is -2.35. The Balaban J connectivity index is 0.000000158. The summed E-state index contributed by atoms with van der Waals surface area (Å²) >= 11 is 5.94. The molecular formula is C64H64ClF2N15O3. The number of nitrogens with zero attached hydrogens (tertiary/aromatic N) is 10. The second-order valence-corrected chi connectivity index (χ2v) is 20.3. The van der Waals surface area contributed by atoms with Crippen molar-refractivity contribution in [3.63, 3.8) is 0 Å². The van der Waals surface area contributed by atoms with Crippen LogP contribution in [0.3, 0.4) is 0 Å². The van der Waals surface area contributed by atoms with E-state index in [1.165, 1.54) is 29.6 Å². The number of hydrogen-bond donors (Lipinski definition) is 5. The van der Waals surface area contributed by atoms with Crippen molar-refractivity contribution in [2.24, 2.45) is 0 Å². The van der Waals surface area contributed by atoms with Crippen LogP contribution in [0.1, 0.15) is 42.4 Å². The van der Waals surface area contributed by atoms with Crippen LogP contribution < -0.4 is 28.7 Å². The number of nitrogen functional groups attached to an aromatic ring is 5. The van der Waals surface area contributed by atoms with E-state index >= 15 is 0 Å². The smallest absolute Gasteiger partial charge is 0.410 e. The molecule has 9 heterocycles. The van der Waals surface area contributed by atoms with Gasteiger partial charge >= 0.3 is 6.09 Å². The van der Waals surface area contributed by atoms with Gasteiger partial charge < -0.3 is 43.2 Å². The Hall–Kier alpha value is -10.5. The van der Waals surface area contributed by atoms with Crippen LogP contribution >= 0.6 is 11.6 Å². The molecule has 2 amide bonds. The second kappa shape index (κ2) is 29.5. The molecule has 2 aromatic carbocycles. The first kappa shape index (κ1) is 62.1. The first-order chi connectivity index (χ1) is 40.8. The Morgan fingerprint density at radius 3 is 1.39 bits per heavy atom. The number of carbonyl (C=O) groups is 2. The summed E-state index contributed by atoms with van der Waals surface area (Å²) in [5.74, 6) is -1.05. The third-order valence-corrected chi connectivity index (χ3v) is 13.1. The fraction of sp³-hybridized carbons (Fsp3) is 0.156. The van der Waals surface area contributed by atoms with Crippen molar-refractivity contribution < 1.29 is 23.1 Å². The number of halogens is 3. The minimum absolute atomic E-state index is 0.0434. The summed E-state index contributed by atoms with van der Waals surface area (Å²) in [5, 5.41) is 0.449. The van der Waals surface area contributed by atoms with Crippen LogP contribution in [0.15, 0.2) is 190 Å². The average Bonchev–Trinajstić information content (AvgIpc) is 3.51. The summed E-state index contributed by atoms with van der Waals surface area (Å²) < 4.78 is 31.5. The van der Waals surface area contributed by atoms with E-state index in [0.717, 1.165) is 44.6 Å². The number of carbonyl (C=O) groups excluding carboxylic acids is 2. The topological polar surface area (TPSA) is 283 Å². The SMILES string of the molecule is CC(C)(C)OC(=O)N1CCN(C(=O)c2ccc(-c3ccncc3N)cc2)CC1.Cc1ccccc1-c1ccncc1N.Cc1nc(F)ccc1-c1ccncc1N.Nc1cnccc1-c1cccnc1Cl.Nc1cnccc1-c1cccnc1F. The van der Waals surface area contributed by atoms with Gasteiger partial charge in [-0.15, -0.1) is 0 Å². The standard InChI is InChI=1S/C21H26N4O3.C12H12N2.C11H10FN3.C10H8ClN3.C10H8FN3/c1-21(2,3)28-20(27)25-12-10-24(11-13-25)19(26)16-6-4-15(5-7-16)17-8-9-23-14-18(17)22;1-9-4-2-3-5-10(9)11-6-7-14-8-12(11)13;1-7-8(2-3-11(12)15-7)9-4-5-14-6-10(9)13;2*11-10-8(2-1-4-14-10)7-3-5-13-6-9(7)12/h4-9,14H,10-13,22H2,1-3H3;2-8H,13H2,1H3;2-6H,13H2,1H3;2*1-6H,12H2. The number of piperazine rings is 1. The number of anilines is 5.